The topological polar surface area (TPSA) is 55.2 Å². The fraction of sp³-hybridized carbons (Fsp3) is 0.318. The summed E-state index contributed by atoms with van der Waals surface area (Å²) in [4.78, 5) is 31.5. The molecule has 0 bridgehead atoms. The van der Waals surface area contributed by atoms with E-state index in [1.54, 1.807) is 4.90 Å². The minimum Gasteiger partial charge on any atom is -0.340 e. The Morgan fingerprint density at radius 2 is 1.96 bits per heavy atom. The van der Waals surface area contributed by atoms with Gasteiger partial charge in [0.05, 0.1) is 17.2 Å². The van der Waals surface area contributed by atoms with Gasteiger partial charge in [-0.05, 0) is 29.2 Å². The van der Waals surface area contributed by atoms with Gasteiger partial charge in [-0.2, -0.15) is 0 Å². The third-order valence-electron chi connectivity index (χ3n) is 5.59. The van der Waals surface area contributed by atoms with Gasteiger partial charge in [-0.25, -0.2) is 9.37 Å². The number of hydrogen-bond acceptors (Lipinski definition) is 3. The first-order valence-corrected chi connectivity index (χ1v) is 9.32. The van der Waals surface area contributed by atoms with Crippen molar-refractivity contribution >= 4 is 16.8 Å². The third kappa shape index (κ3) is 3.30. The van der Waals surface area contributed by atoms with Crippen LogP contribution in [0.3, 0.4) is 0 Å². The summed E-state index contributed by atoms with van der Waals surface area (Å²) in [6.07, 6.45) is 1.36. The fourth-order valence-electron chi connectivity index (χ4n) is 4.06. The first-order valence-electron chi connectivity index (χ1n) is 9.32. The van der Waals surface area contributed by atoms with E-state index in [0.29, 0.717) is 18.6 Å². The Labute approximate surface area is 162 Å². The lowest BCUT2D eigenvalue weighted by Gasteiger charge is -2.25. The SMILES string of the molecule is CC1(C)CN(C(=O)Cn2cnc3ccc(F)cc3c2=O)C[C@H]1c1ccccc1. The number of hydrogen-bond donors (Lipinski definition) is 0. The second-order valence-electron chi connectivity index (χ2n) is 8.07. The van der Waals surface area contributed by atoms with Crippen molar-refractivity contribution < 1.29 is 9.18 Å². The van der Waals surface area contributed by atoms with E-state index >= 15 is 0 Å². The molecule has 2 heterocycles. The van der Waals surface area contributed by atoms with Gasteiger partial charge in [0.25, 0.3) is 5.56 Å². The molecular formula is C22H22FN3O2. The van der Waals surface area contributed by atoms with Crippen LogP contribution in [0.5, 0.6) is 0 Å². The van der Waals surface area contributed by atoms with E-state index in [2.05, 4.69) is 31.0 Å². The number of carbonyl (C=O) groups is 1. The maximum Gasteiger partial charge on any atom is 0.261 e. The molecule has 0 radical (unpaired) electrons. The van der Waals surface area contributed by atoms with Crippen LogP contribution in [-0.4, -0.2) is 33.4 Å². The second kappa shape index (κ2) is 6.86. The molecule has 28 heavy (non-hydrogen) atoms. The Morgan fingerprint density at radius 3 is 2.71 bits per heavy atom. The van der Waals surface area contributed by atoms with Gasteiger partial charge >= 0.3 is 0 Å². The highest BCUT2D eigenvalue weighted by molar-refractivity contribution is 5.79. The summed E-state index contributed by atoms with van der Waals surface area (Å²) < 4.78 is 14.8. The van der Waals surface area contributed by atoms with Gasteiger partial charge in [0.15, 0.2) is 0 Å². The van der Waals surface area contributed by atoms with Crippen molar-refractivity contribution in [2.24, 2.45) is 5.41 Å². The monoisotopic (exact) mass is 379 g/mol. The maximum atomic E-state index is 13.5. The summed E-state index contributed by atoms with van der Waals surface area (Å²) >= 11 is 0. The van der Waals surface area contributed by atoms with Gasteiger partial charge in [-0.15, -0.1) is 0 Å². The van der Waals surface area contributed by atoms with Crippen molar-refractivity contribution in [1.82, 2.24) is 14.5 Å². The zero-order valence-corrected chi connectivity index (χ0v) is 15.9. The molecule has 5 nitrogen and oxygen atoms in total. The number of benzene rings is 2. The van der Waals surface area contributed by atoms with Gasteiger partial charge in [0, 0.05) is 19.0 Å². The minimum atomic E-state index is -0.498. The normalized spacial score (nSPS) is 18.5. The van der Waals surface area contributed by atoms with Crippen LogP contribution in [0, 0.1) is 11.2 Å². The van der Waals surface area contributed by atoms with E-state index in [4.69, 9.17) is 0 Å². The smallest absolute Gasteiger partial charge is 0.261 e. The third-order valence-corrected chi connectivity index (χ3v) is 5.59. The molecule has 1 aromatic heterocycles. The number of amides is 1. The second-order valence-corrected chi connectivity index (χ2v) is 8.07. The Kier molecular flexibility index (Phi) is 4.49. The van der Waals surface area contributed by atoms with E-state index in [0.717, 1.165) is 6.07 Å². The van der Waals surface area contributed by atoms with Crippen LogP contribution in [0.1, 0.15) is 25.3 Å². The Balaban J connectivity index is 1.57. The number of rotatable bonds is 3. The van der Waals surface area contributed by atoms with Crippen LogP contribution < -0.4 is 5.56 Å². The van der Waals surface area contributed by atoms with Gasteiger partial charge in [0.2, 0.25) is 5.91 Å². The summed E-state index contributed by atoms with van der Waals surface area (Å²) in [6.45, 7) is 5.45. The van der Waals surface area contributed by atoms with E-state index in [1.165, 1.54) is 28.6 Å². The first kappa shape index (κ1) is 18.3. The van der Waals surface area contributed by atoms with E-state index in [-0.39, 0.29) is 29.2 Å². The van der Waals surface area contributed by atoms with E-state index in [9.17, 15) is 14.0 Å². The highest BCUT2D eigenvalue weighted by atomic mass is 19.1. The van der Waals surface area contributed by atoms with Crippen molar-refractivity contribution in [2.45, 2.75) is 26.3 Å². The molecule has 1 atom stereocenters. The molecular weight excluding hydrogens is 357 g/mol. The molecule has 1 aliphatic rings. The standard InChI is InChI=1S/C22H22FN3O2/c1-22(2)13-25(11-18(22)15-6-4-3-5-7-15)20(27)12-26-14-24-19-9-8-16(23)10-17(19)21(26)28/h3-10,14,18H,11-13H2,1-2H3/t18-/m0/s1. The molecule has 1 aliphatic heterocycles. The highest BCUT2D eigenvalue weighted by Gasteiger charge is 2.41. The van der Waals surface area contributed by atoms with Crippen LogP contribution >= 0.6 is 0 Å². The number of halogens is 1. The quantitative estimate of drug-likeness (QED) is 0.702. The lowest BCUT2D eigenvalue weighted by atomic mass is 9.78. The van der Waals surface area contributed by atoms with Gasteiger partial charge in [0.1, 0.15) is 12.4 Å². The average Bonchev–Trinajstić information content (AvgIpc) is 3.00. The van der Waals surface area contributed by atoms with Crippen molar-refractivity contribution in [2.75, 3.05) is 13.1 Å². The predicted molar refractivity (Wildman–Crippen MR) is 106 cm³/mol. The molecule has 1 amide bonds. The molecule has 0 aliphatic carbocycles. The zero-order valence-electron chi connectivity index (χ0n) is 15.9. The van der Waals surface area contributed by atoms with Crippen LogP contribution in [0.15, 0.2) is 59.7 Å². The molecule has 0 N–H and O–H groups in total. The predicted octanol–water partition coefficient (Wildman–Crippen LogP) is 3.19. The van der Waals surface area contributed by atoms with Crippen LogP contribution in [0.4, 0.5) is 4.39 Å². The average molecular weight is 379 g/mol. The molecule has 2 aromatic carbocycles. The summed E-state index contributed by atoms with van der Waals surface area (Å²) in [6, 6.07) is 14.1. The summed E-state index contributed by atoms with van der Waals surface area (Å²) in [5.74, 6) is -0.396. The molecule has 0 saturated carbocycles. The van der Waals surface area contributed by atoms with E-state index in [1.807, 2.05) is 18.2 Å². The summed E-state index contributed by atoms with van der Waals surface area (Å²) in [5.41, 5.74) is 1.16. The summed E-state index contributed by atoms with van der Waals surface area (Å²) in [7, 11) is 0. The molecule has 4 rings (SSSR count). The molecule has 1 saturated heterocycles. The largest absolute Gasteiger partial charge is 0.340 e. The lowest BCUT2D eigenvalue weighted by molar-refractivity contribution is -0.131. The molecule has 1 fully saturated rings. The molecule has 0 unspecified atom stereocenters. The maximum absolute atomic E-state index is 13.5. The number of nitrogens with zero attached hydrogens (tertiary/aromatic N) is 3. The number of carbonyl (C=O) groups excluding carboxylic acids is 1. The van der Waals surface area contributed by atoms with E-state index < -0.39 is 11.4 Å². The lowest BCUT2D eigenvalue weighted by Crippen LogP contribution is -2.36. The Hall–Kier alpha value is -3.02. The van der Waals surface area contributed by atoms with Gasteiger partial charge in [-0.3, -0.25) is 14.2 Å². The molecule has 6 heteroatoms. The van der Waals surface area contributed by atoms with Crippen molar-refractivity contribution in [3.63, 3.8) is 0 Å². The van der Waals surface area contributed by atoms with Crippen molar-refractivity contribution in [3.05, 3.63) is 76.6 Å². The zero-order chi connectivity index (χ0) is 19.9. The first-order chi connectivity index (χ1) is 13.3. The van der Waals surface area contributed by atoms with Gasteiger partial charge in [-0.1, -0.05) is 44.2 Å². The Morgan fingerprint density at radius 1 is 1.21 bits per heavy atom. The highest BCUT2D eigenvalue weighted by Crippen LogP contribution is 2.42. The van der Waals surface area contributed by atoms with Crippen LogP contribution in [-0.2, 0) is 11.3 Å². The molecule has 3 aromatic rings. The minimum absolute atomic E-state index is 0.0628. The van der Waals surface area contributed by atoms with Crippen molar-refractivity contribution in [1.29, 1.82) is 0 Å². The summed E-state index contributed by atoms with van der Waals surface area (Å²) in [5, 5.41) is 0.180. The Bertz CT molecular complexity index is 1090. The molecule has 144 valence electrons. The van der Waals surface area contributed by atoms with Crippen molar-refractivity contribution in [3.8, 4) is 0 Å². The van der Waals surface area contributed by atoms with Crippen LogP contribution in [0.2, 0.25) is 0 Å². The van der Waals surface area contributed by atoms with Crippen LogP contribution in [0.25, 0.3) is 10.9 Å². The fourth-order valence-corrected chi connectivity index (χ4v) is 4.06. The molecule has 0 spiro atoms. The van der Waals surface area contributed by atoms with Gasteiger partial charge < -0.3 is 4.90 Å². The number of likely N-dealkylation sites (tertiary alicyclic amines) is 1. The number of aromatic nitrogens is 2. The number of fused-ring (bicyclic) bond motifs is 1.